The van der Waals surface area contributed by atoms with Gasteiger partial charge in [-0.05, 0) is 42.7 Å². The third kappa shape index (κ3) is 5.41. The maximum atomic E-state index is 13.8. The number of nitrogens with one attached hydrogen (secondary N) is 2. The maximum absolute atomic E-state index is 13.8. The highest BCUT2D eigenvalue weighted by molar-refractivity contribution is 6.33. The molecule has 9 nitrogen and oxygen atoms in total. The average molecular weight is 492 g/mol. The third-order valence-electron chi connectivity index (χ3n) is 6.50. The SMILES string of the molecule is CC(C)(C)[C@H](NC(=O)c1ccccc1Cl)C(=O)N1C2CC[C@@H](C2)[C@H]1C(=O)NC(C=O)CC(=O)O. The lowest BCUT2D eigenvalue weighted by Gasteiger charge is -2.40. The van der Waals surface area contributed by atoms with E-state index in [1.807, 2.05) is 20.8 Å². The maximum Gasteiger partial charge on any atom is 0.305 e. The van der Waals surface area contributed by atoms with E-state index in [0.29, 0.717) is 12.7 Å². The van der Waals surface area contributed by atoms with E-state index in [4.69, 9.17) is 16.7 Å². The molecule has 0 aromatic heterocycles. The largest absolute Gasteiger partial charge is 0.481 e. The van der Waals surface area contributed by atoms with Gasteiger partial charge in [-0.2, -0.15) is 0 Å². The van der Waals surface area contributed by atoms with Gasteiger partial charge in [0.1, 0.15) is 18.4 Å². The molecule has 1 saturated heterocycles. The van der Waals surface area contributed by atoms with Crippen LogP contribution in [0.4, 0.5) is 0 Å². The van der Waals surface area contributed by atoms with Gasteiger partial charge < -0.3 is 25.4 Å². The summed E-state index contributed by atoms with van der Waals surface area (Å²) in [5, 5.41) is 14.5. The summed E-state index contributed by atoms with van der Waals surface area (Å²) < 4.78 is 0. The molecule has 184 valence electrons. The number of rotatable bonds is 8. The Morgan fingerprint density at radius 2 is 1.85 bits per heavy atom. The van der Waals surface area contributed by atoms with Crippen LogP contribution in [0.5, 0.6) is 0 Å². The lowest BCUT2D eigenvalue weighted by atomic mass is 9.84. The van der Waals surface area contributed by atoms with Gasteiger partial charge in [-0.25, -0.2) is 0 Å². The van der Waals surface area contributed by atoms with E-state index in [1.54, 1.807) is 24.3 Å². The molecular weight excluding hydrogens is 462 g/mol. The summed E-state index contributed by atoms with van der Waals surface area (Å²) in [6.07, 6.45) is 1.98. The van der Waals surface area contributed by atoms with Crippen LogP contribution in [0.2, 0.25) is 5.02 Å². The van der Waals surface area contributed by atoms with Gasteiger partial charge in [-0.3, -0.25) is 19.2 Å². The molecule has 0 radical (unpaired) electrons. The summed E-state index contributed by atoms with van der Waals surface area (Å²) in [6.45, 7) is 5.46. The van der Waals surface area contributed by atoms with Crippen LogP contribution in [0.15, 0.2) is 24.3 Å². The predicted octanol–water partition coefficient (Wildman–Crippen LogP) is 2.02. The molecular formula is C24H30ClN3O6. The summed E-state index contributed by atoms with van der Waals surface area (Å²) >= 11 is 6.16. The Balaban J connectivity index is 1.85. The van der Waals surface area contributed by atoms with Crippen LogP contribution in [-0.2, 0) is 19.2 Å². The quantitative estimate of drug-likeness (QED) is 0.476. The lowest BCUT2D eigenvalue weighted by Crippen LogP contribution is -2.61. The first-order chi connectivity index (χ1) is 15.9. The number of hydrogen-bond acceptors (Lipinski definition) is 5. The fourth-order valence-electron chi connectivity index (χ4n) is 4.88. The fraction of sp³-hybridized carbons (Fsp3) is 0.542. The summed E-state index contributed by atoms with van der Waals surface area (Å²) in [7, 11) is 0. The molecule has 34 heavy (non-hydrogen) atoms. The first kappa shape index (κ1) is 25.7. The Hall–Kier alpha value is -2.94. The number of fused-ring (bicyclic) bond motifs is 2. The zero-order chi connectivity index (χ0) is 25.2. The number of nitrogens with zero attached hydrogens (tertiary/aromatic N) is 1. The second-order valence-electron chi connectivity index (χ2n) is 10.0. The van der Waals surface area contributed by atoms with Crippen molar-refractivity contribution in [2.45, 2.75) is 70.6 Å². The third-order valence-corrected chi connectivity index (χ3v) is 6.83. The van der Waals surface area contributed by atoms with E-state index < -0.39 is 47.7 Å². The van der Waals surface area contributed by atoms with E-state index in [-0.39, 0.29) is 28.5 Å². The summed E-state index contributed by atoms with van der Waals surface area (Å²) in [5.74, 6) is -2.74. The van der Waals surface area contributed by atoms with Crippen LogP contribution in [0, 0.1) is 11.3 Å². The van der Waals surface area contributed by atoms with Crippen molar-refractivity contribution in [3.63, 3.8) is 0 Å². The number of halogens is 1. The number of amides is 3. The molecule has 2 fully saturated rings. The number of benzene rings is 1. The number of piperidine rings is 1. The first-order valence-electron chi connectivity index (χ1n) is 11.3. The molecule has 5 atom stereocenters. The standard InChI is InChI=1S/C24H30ClN3O6/c1-24(2,3)20(27-21(32)16-6-4-5-7-17(16)25)23(34)28-15-9-8-13(10-15)19(28)22(33)26-14(12-29)11-18(30)31/h4-7,12-15,19-20H,8-11H2,1-3H3,(H,26,33)(H,27,32)(H,30,31)/t13-,14?,15?,19-,20+/m0/s1. The van der Waals surface area contributed by atoms with Crippen LogP contribution in [0.25, 0.3) is 0 Å². The van der Waals surface area contributed by atoms with Crippen LogP contribution < -0.4 is 10.6 Å². The number of hydrogen-bond donors (Lipinski definition) is 3. The Morgan fingerprint density at radius 1 is 1.18 bits per heavy atom. The molecule has 10 heteroatoms. The van der Waals surface area contributed by atoms with Crippen molar-refractivity contribution in [1.29, 1.82) is 0 Å². The van der Waals surface area contributed by atoms with Crippen LogP contribution in [0.3, 0.4) is 0 Å². The predicted molar refractivity (Wildman–Crippen MR) is 124 cm³/mol. The highest BCUT2D eigenvalue weighted by Gasteiger charge is 2.53. The minimum Gasteiger partial charge on any atom is -0.481 e. The number of aldehydes is 1. The van der Waals surface area contributed by atoms with E-state index in [2.05, 4.69) is 10.6 Å². The number of aliphatic carboxylic acids is 1. The van der Waals surface area contributed by atoms with Gasteiger partial charge in [0.2, 0.25) is 11.8 Å². The number of carboxylic acid groups (broad SMARTS) is 1. The topological polar surface area (TPSA) is 133 Å². The lowest BCUT2D eigenvalue weighted by molar-refractivity contribution is -0.147. The van der Waals surface area contributed by atoms with Gasteiger partial charge in [0.25, 0.3) is 5.91 Å². The first-order valence-corrected chi connectivity index (χ1v) is 11.7. The fourth-order valence-corrected chi connectivity index (χ4v) is 5.11. The van der Waals surface area contributed by atoms with Crippen molar-refractivity contribution < 1.29 is 29.1 Å². The molecule has 3 N–H and O–H groups in total. The summed E-state index contributed by atoms with van der Waals surface area (Å²) in [5.41, 5.74) is -0.433. The van der Waals surface area contributed by atoms with Gasteiger partial charge in [-0.1, -0.05) is 44.5 Å². The van der Waals surface area contributed by atoms with E-state index in [9.17, 15) is 24.0 Å². The molecule has 2 unspecified atom stereocenters. The van der Waals surface area contributed by atoms with Crippen LogP contribution in [0.1, 0.15) is 56.8 Å². The van der Waals surface area contributed by atoms with Gasteiger partial charge in [0, 0.05) is 6.04 Å². The second kappa shape index (κ2) is 10.1. The molecule has 3 rings (SSSR count). The molecule has 1 saturated carbocycles. The minimum absolute atomic E-state index is 0.0917. The number of carbonyl (C=O) groups is 5. The van der Waals surface area contributed by atoms with Crippen molar-refractivity contribution in [1.82, 2.24) is 15.5 Å². The highest BCUT2D eigenvalue weighted by atomic mass is 35.5. The molecule has 2 aliphatic rings. The van der Waals surface area contributed by atoms with E-state index >= 15 is 0 Å². The molecule has 1 aromatic rings. The molecule has 2 bridgehead atoms. The molecule has 1 aromatic carbocycles. The Labute approximate surface area is 203 Å². The van der Waals surface area contributed by atoms with E-state index in [1.165, 1.54) is 4.90 Å². The monoisotopic (exact) mass is 491 g/mol. The van der Waals surface area contributed by atoms with Crippen LogP contribution in [-0.4, -0.2) is 64.2 Å². The van der Waals surface area contributed by atoms with Crippen molar-refractivity contribution in [3.8, 4) is 0 Å². The minimum atomic E-state index is -1.21. The highest BCUT2D eigenvalue weighted by Crippen LogP contribution is 2.43. The normalized spacial score (nSPS) is 23.2. The van der Waals surface area contributed by atoms with Crippen molar-refractivity contribution in [2.75, 3.05) is 0 Å². The van der Waals surface area contributed by atoms with Crippen LogP contribution >= 0.6 is 11.6 Å². The molecule has 1 heterocycles. The van der Waals surface area contributed by atoms with Gasteiger partial charge in [-0.15, -0.1) is 0 Å². The van der Waals surface area contributed by atoms with Crippen molar-refractivity contribution in [3.05, 3.63) is 34.9 Å². The van der Waals surface area contributed by atoms with Gasteiger partial charge >= 0.3 is 5.97 Å². The Kier molecular flexibility index (Phi) is 7.65. The number of carboxylic acids is 1. The summed E-state index contributed by atoms with van der Waals surface area (Å²) in [4.78, 5) is 63.7. The molecule has 3 amide bonds. The number of likely N-dealkylation sites (tertiary alicyclic amines) is 1. The zero-order valence-corrected chi connectivity index (χ0v) is 20.2. The Bertz CT molecular complexity index is 991. The summed E-state index contributed by atoms with van der Waals surface area (Å²) in [6, 6.07) is 3.42. The van der Waals surface area contributed by atoms with Gasteiger partial charge in [0.05, 0.1) is 23.0 Å². The second-order valence-corrected chi connectivity index (χ2v) is 10.4. The molecule has 0 spiro atoms. The average Bonchev–Trinajstić information content (AvgIpc) is 3.37. The van der Waals surface area contributed by atoms with E-state index in [0.717, 1.165) is 12.8 Å². The zero-order valence-electron chi connectivity index (χ0n) is 19.4. The smallest absolute Gasteiger partial charge is 0.305 e. The van der Waals surface area contributed by atoms with Gasteiger partial charge in [0.15, 0.2) is 0 Å². The Morgan fingerprint density at radius 3 is 2.44 bits per heavy atom. The molecule has 1 aliphatic heterocycles. The number of carbonyl (C=O) groups excluding carboxylic acids is 4. The van der Waals surface area contributed by atoms with Crippen molar-refractivity contribution in [2.24, 2.45) is 11.3 Å². The molecule has 1 aliphatic carbocycles. The van der Waals surface area contributed by atoms with Crippen molar-refractivity contribution >= 4 is 41.6 Å².